The first kappa shape index (κ1) is 7.93. The fourth-order valence-electron chi connectivity index (χ4n) is 0.802. The monoisotopic (exact) mass is 194 g/mol. The molecule has 6 heteroatoms. The molecule has 1 N–H and O–H groups in total. The third kappa shape index (κ3) is 1.73. The van der Waals surface area contributed by atoms with Gasteiger partial charge in [0.2, 0.25) is 4.77 Å². The summed E-state index contributed by atoms with van der Waals surface area (Å²) in [5, 5.41) is 10.3. The van der Waals surface area contributed by atoms with Gasteiger partial charge in [-0.05, 0) is 18.3 Å². The zero-order chi connectivity index (χ0) is 9.10. The van der Waals surface area contributed by atoms with E-state index in [1.54, 1.807) is 24.8 Å². The van der Waals surface area contributed by atoms with Crippen LogP contribution >= 0.6 is 12.2 Å². The van der Waals surface area contributed by atoms with E-state index in [-0.39, 0.29) is 0 Å². The Bertz CT molecular complexity index is 453. The molecule has 0 spiro atoms. The fraction of sp³-hybridized carbons (Fsp3) is 0. The van der Waals surface area contributed by atoms with Crippen LogP contribution in [0.4, 0.5) is 0 Å². The van der Waals surface area contributed by atoms with Crippen LogP contribution in [-0.4, -0.2) is 21.1 Å². The number of furan rings is 1. The van der Waals surface area contributed by atoms with E-state index >= 15 is 0 Å². The van der Waals surface area contributed by atoms with Crippen molar-refractivity contribution in [1.82, 2.24) is 14.9 Å². The van der Waals surface area contributed by atoms with E-state index < -0.39 is 0 Å². The summed E-state index contributed by atoms with van der Waals surface area (Å²) >= 11 is 4.89. The Balaban J connectivity index is 2.24. The van der Waals surface area contributed by atoms with E-state index in [4.69, 9.17) is 16.6 Å². The highest BCUT2D eigenvalue weighted by atomic mass is 32.1. The maximum Gasteiger partial charge on any atom is 0.216 e. The standard InChI is InChI=1S/C7H6N4OS/c13-7-10-8-5-11(7)9-3-6-1-2-12-4-6/h1-5H,(H,10,13)/b9-3+. The molecule has 0 aromatic carbocycles. The molecule has 0 amide bonds. The van der Waals surface area contributed by atoms with Crippen molar-refractivity contribution in [1.29, 1.82) is 0 Å². The molecule has 2 rings (SSSR count). The van der Waals surface area contributed by atoms with Crippen molar-refractivity contribution >= 4 is 18.4 Å². The van der Waals surface area contributed by atoms with Gasteiger partial charge in [-0.15, -0.1) is 0 Å². The molecule has 0 atom stereocenters. The molecule has 2 aromatic rings. The summed E-state index contributed by atoms with van der Waals surface area (Å²) in [4.78, 5) is 0. The molecule has 2 heterocycles. The number of rotatable bonds is 2. The van der Waals surface area contributed by atoms with E-state index in [1.165, 1.54) is 11.0 Å². The third-order valence-electron chi connectivity index (χ3n) is 1.41. The highest BCUT2D eigenvalue weighted by Gasteiger charge is 1.90. The fourth-order valence-corrected chi connectivity index (χ4v) is 0.949. The predicted octanol–water partition coefficient (Wildman–Crippen LogP) is 1.42. The molecular formula is C7H6N4OS. The molecule has 0 aliphatic carbocycles. The molecule has 13 heavy (non-hydrogen) atoms. The Morgan fingerprint density at radius 2 is 2.62 bits per heavy atom. The lowest BCUT2D eigenvalue weighted by molar-refractivity contribution is 0.567. The van der Waals surface area contributed by atoms with Crippen LogP contribution in [0, 0.1) is 4.77 Å². The summed E-state index contributed by atoms with van der Waals surface area (Å²) in [5.74, 6) is 0. The smallest absolute Gasteiger partial charge is 0.216 e. The van der Waals surface area contributed by atoms with Crippen molar-refractivity contribution in [3.05, 3.63) is 35.3 Å². The lowest BCUT2D eigenvalue weighted by Gasteiger charge is -1.86. The molecule has 0 aliphatic heterocycles. The second kappa shape index (κ2) is 3.36. The van der Waals surface area contributed by atoms with Gasteiger partial charge in [0.15, 0.2) is 0 Å². The molecule has 66 valence electrons. The number of hydrogen-bond acceptors (Lipinski definition) is 4. The summed E-state index contributed by atoms with van der Waals surface area (Å²) in [6.45, 7) is 0. The molecular weight excluding hydrogens is 188 g/mol. The van der Waals surface area contributed by atoms with E-state index in [2.05, 4.69) is 15.3 Å². The quantitative estimate of drug-likeness (QED) is 0.581. The average molecular weight is 194 g/mol. The van der Waals surface area contributed by atoms with Crippen LogP contribution in [0.15, 0.2) is 34.4 Å². The van der Waals surface area contributed by atoms with Crippen LogP contribution in [0.3, 0.4) is 0 Å². The Labute approximate surface area is 78.7 Å². The largest absolute Gasteiger partial charge is 0.472 e. The lowest BCUT2D eigenvalue weighted by Crippen LogP contribution is -1.87. The molecule has 0 bridgehead atoms. The van der Waals surface area contributed by atoms with Gasteiger partial charge in [0.25, 0.3) is 0 Å². The Morgan fingerprint density at radius 1 is 1.69 bits per heavy atom. The molecule has 0 radical (unpaired) electrons. The average Bonchev–Trinajstić information content (AvgIpc) is 2.72. The van der Waals surface area contributed by atoms with Crippen molar-refractivity contribution in [2.75, 3.05) is 0 Å². The second-order valence-corrected chi connectivity index (χ2v) is 2.69. The van der Waals surface area contributed by atoms with Gasteiger partial charge in [-0.2, -0.15) is 14.9 Å². The number of aromatic amines is 1. The van der Waals surface area contributed by atoms with E-state index in [0.717, 1.165) is 5.56 Å². The molecule has 5 nitrogen and oxygen atoms in total. The maximum atomic E-state index is 4.89. The number of nitrogens with one attached hydrogen (secondary N) is 1. The maximum absolute atomic E-state index is 4.89. The van der Waals surface area contributed by atoms with Crippen LogP contribution in [-0.2, 0) is 0 Å². The first-order chi connectivity index (χ1) is 6.36. The molecule has 0 fully saturated rings. The second-order valence-electron chi connectivity index (χ2n) is 2.31. The van der Waals surface area contributed by atoms with Gasteiger partial charge in [0.05, 0.1) is 18.7 Å². The molecule has 0 saturated carbocycles. The molecule has 0 unspecified atom stereocenters. The minimum atomic E-state index is 0.458. The highest BCUT2D eigenvalue weighted by Crippen LogP contribution is 1.95. The first-order valence-electron chi connectivity index (χ1n) is 3.55. The summed E-state index contributed by atoms with van der Waals surface area (Å²) in [7, 11) is 0. The number of nitrogens with zero attached hydrogens (tertiary/aromatic N) is 3. The third-order valence-corrected chi connectivity index (χ3v) is 1.69. The zero-order valence-corrected chi connectivity index (χ0v) is 7.36. The van der Waals surface area contributed by atoms with Crippen LogP contribution in [0.5, 0.6) is 0 Å². The van der Waals surface area contributed by atoms with Crippen molar-refractivity contribution in [3.8, 4) is 0 Å². The van der Waals surface area contributed by atoms with Gasteiger partial charge >= 0.3 is 0 Å². The van der Waals surface area contributed by atoms with Crippen molar-refractivity contribution < 1.29 is 4.42 Å². The van der Waals surface area contributed by atoms with Gasteiger partial charge in [0, 0.05) is 5.56 Å². The van der Waals surface area contributed by atoms with Crippen LogP contribution in [0.1, 0.15) is 5.56 Å². The molecule has 2 aromatic heterocycles. The van der Waals surface area contributed by atoms with Crippen LogP contribution < -0.4 is 0 Å². The lowest BCUT2D eigenvalue weighted by atomic mass is 10.4. The van der Waals surface area contributed by atoms with Gasteiger partial charge in [0.1, 0.15) is 6.33 Å². The van der Waals surface area contributed by atoms with Crippen molar-refractivity contribution in [2.45, 2.75) is 0 Å². The van der Waals surface area contributed by atoms with Crippen molar-refractivity contribution in [2.24, 2.45) is 5.10 Å². The van der Waals surface area contributed by atoms with E-state index in [9.17, 15) is 0 Å². The minimum Gasteiger partial charge on any atom is -0.472 e. The molecule has 0 aliphatic rings. The Hall–Kier alpha value is -1.69. The summed E-state index contributed by atoms with van der Waals surface area (Å²) < 4.78 is 6.78. The van der Waals surface area contributed by atoms with E-state index in [0.29, 0.717) is 4.77 Å². The van der Waals surface area contributed by atoms with Gasteiger partial charge in [-0.25, -0.2) is 0 Å². The SMILES string of the molecule is S=c1[nH]ncn1/N=C/c1ccoc1. The van der Waals surface area contributed by atoms with Crippen molar-refractivity contribution in [3.63, 3.8) is 0 Å². The van der Waals surface area contributed by atoms with Crippen LogP contribution in [0.2, 0.25) is 0 Å². The summed E-state index contributed by atoms with van der Waals surface area (Å²) in [5.41, 5.74) is 0.878. The first-order valence-corrected chi connectivity index (χ1v) is 3.95. The minimum absolute atomic E-state index is 0.458. The Kier molecular flexibility index (Phi) is 2.05. The Morgan fingerprint density at radius 3 is 3.23 bits per heavy atom. The molecule has 0 saturated heterocycles. The summed E-state index contributed by atoms with van der Waals surface area (Å²) in [6, 6.07) is 1.80. The predicted molar refractivity (Wildman–Crippen MR) is 49.1 cm³/mol. The highest BCUT2D eigenvalue weighted by molar-refractivity contribution is 7.71. The number of aromatic nitrogens is 3. The topological polar surface area (TPSA) is 59.1 Å². The number of H-pyrrole nitrogens is 1. The normalized spacial score (nSPS) is 11.1. The summed E-state index contributed by atoms with van der Waals surface area (Å²) in [6.07, 6.45) is 6.30. The van der Waals surface area contributed by atoms with E-state index in [1.807, 2.05) is 0 Å². The number of hydrogen-bond donors (Lipinski definition) is 1. The van der Waals surface area contributed by atoms with Gasteiger partial charge in [-0.1, -0.05) is 0 Å². The zero-order valence-electron chi connectivity index (χ0n) is 6.54. The van der Waals surface area contributed by atoms with Gasteiger partial charge in [-0.3, -0.25) is 5.10 Å². The van der Waals surface area contributed by atoms with Crippen LogP contribution in [0.25, 0.3) is 0 Å². The van der Waals surface area contributed by atoms with Gasteiger partial charge < -0.3 is 4.42 Å².